The molecule has 1 saturated carbocycles. The van der Waals surface area contributed by atoms with E-state index in [1.807, 2.05) is 18.2 Å². The lowest BCUT2D eigenvalue weighted by Crippen LogP contribution is -2.50. The van der Waals surface area contributed by atoms with Gasteiger partial charge in [0, 0.05) is 24.5 Å². The third-order valence-electron chi connectivity index (χ3n) is 6.08. The summed E-state index contributed by atoms with van der Waals surface area (Å²) in [6.45, 7) is 2.61. The van der Waals surface area contributed by atoms with E-state index in [9.17, 15) is 4.79 Å². The van der Waals surface area contributed by atoms with Crippen LogP contribution in [-0.4, -0.2) is 39.6 Å². The molecule has 1 aromatic carbocycles. The largest absolute Gasteiger partial charge is 0.424 e. The van der Waals surface area contributed by atoms with Gasteiger partial charge in [0.2, 0.25) is 17.7 Å². The number of carbonyl (C=O) groups excluding carboxylic acids is 1. The predicted molar refractivity (Wildman–Crippen MR) is 95.5 cm³/mol. The van der Waals surface area contributed by atoms with Crippen LogP contribution in [0.3, 0.4) is 0 Å². The van der Waals surface area contributed by atoms with Crippen LogP contribution in [0.15, 0.2) is 34.7 Å². The maximum absolute atomic E-state index is 12.5. The topological polar surface area (TPSA) is 71.3 Å². The Bertz CT molecular complexity index is 791. The number of rotatable bonds is 4. The van der Waals surface area contributed by atoms with E-state index in [4.69, 9.17) is 4.42 Å². The van der Waals surface area contributed by atoms with Crippen LogP contribution in [-0.2, 0) is 11.3 Å². The van der Waals surface area contributed by atoms with Crippen LogP contribution in [0, 0.1) is 0 Å². The van der Waals surface area contributed by atoms with E-state index in [-0.39, 0.29) is 17.4 Å². The quantitative estimate of drug-likeness (QED) is 0.916. The molecule has 6 nitrogen and oxygen atoms in total. The van der Waals surface area contributed by atoms with E-state index >= 15 is 0 Å². The average molecular weight is 352 g/mol. The normalized spacial score (nSPS) is 25.5. The number of nitrogens with zero attached hydrogens (tertiary/aromatic N) is 3. The second kappa shape index (κ2) is 6.20. The first-order valence-electron chi connectivity index (χ1n) is 9.62. The van der Waals surface area contributed by atoms with Crippen molar-refractivity contribution in [2.45, 2.75) is 56.0 Å². The highest BCUT2D eigenvalue weighted by molar-refractivity contribution is 5.87. The Labute approximate surface area is 153 Å². The molecule has 3 heterocycles. The van der Waals surface area contributed by atoms with Crippen molar-refractivity contribution in [3.05, 3.63) is 47.7 Å². The van der Waals surface area contributed by atoms with Crippen LogP contribution in [0.4, 0.5) is 0 Å². The second-order valence-corrected chi connectivity index (χ2v) is 8.02. The fourth-order valence-electron chi connectivity index (χ4n) is 4.32. The molecule has 1 amide bonds. The molecule has 2 aromatic rings. The van der Waals surface area contributed by atoms with E-state index in [0.717, 1.165) is 49.7 Å². The van der Waals surface area contributed by atoms with Gasteiger partial charge < -0.3 is 9.73 Å². The van der Waals surface area contributed by atoms with Crippen molar-refractivity contribution in [2.24, 2.45) is 0 Å². The molecule has 0 radical (unpaired) electrons. The smallest absolute Gasteiger partial charge is 0.230 e. The van der Waals surface area contributed by atoms with Crippen LogP contribution in [0.1, 0.15) is 61.3 Å². The Balaban J connectivity index is 1.20. The van der Waals surface area contributed by atoms with Crippen LogP contribution in [0.5, 0.6) is 0 Å². The highest BCUT2D eigenvalue weighted by Gasteiger charge is 2.46. The molecule has 6 heteroatoms. The van der Waals surface area contributed by atoms with Gasteiger partial charge in [-0.15, -0.1) is 10.2 Å². The van der Waals surface area contributed by atoms with Crippen molar-refractivity contribution in [1.29, 1.82) is 0 Å². The lowest BCUT2D eigenvalue weighted by molar-refractivity contribution is -0.121. The fraction of sp³-hybridized carbons (Fsp3) is 0.550. The molecular formula is C20H24N4O2. The summed E-state index contributed by atoms with van der Waals surface area (Å²) in [5, 5.41) is 11.7. The van der Waals surface area contributed by atoms with Crippen molar-refractivity contribution in [2.75, 3.05) is 13.1 Å². The summed E-state index contributed by atoms with van der Waals surface area (Å²) in [6, 6.07) is 10.1. The highest BCUT2D eigenvalue weighted by Crippen LogP contribution is 2.40. The monoisotopic (exact) mass is 352 g/mol. The molecule has 1 unspecified atom stereocenters. The molecule has 136 valence electrons. The van der Waals surface area contributed by atoms with Crippen molar-refractivity contribution in [3.8, 4) is 0 Å². The molecule has 1 aliphatic carbocycles. The van der Waals surface area contributed by atoms with Crippen molar-refractivity contribution in [1.82, 2.24) is 20.4 Å². The second-order valence-electron chi connectivity index (χ2n) is 8.02. The maximum Gasteiger partial charge on any atom is 0.230 e. The van der Waals surface area contributed by atoms with Crippen LogP contribution < -0.4 is 5.32 Å². The summed E-state index contributed by atoms with van der Waals surface area (Å²) in [5.41, 5.74) is 1.07. The van der Waals surface area contributed by atoms with E-state index in [1.165, 1.54) is 12.8 Å². The number of likely N-dealkylation sites (tertiary alicyclic amines) is 1. The molecule has 1 aromatic heterocycles. The van der Waals surface area contributed by atoms with Crippen LogP contribution in [0.25, 0.3) is 0 Å². The summed E-state index contributed by atoms with van der Waals surface area (Å²) in [5.74, 6) is 2.20. The first-order valence-corrected chi connectivity index (χ1v) is 9.62. The zero-order valence-electron chi connectivity index (χ0n) is 14.9. The van der Waals surface area contributed by atoms with Gasteiger partial charge in [0.05, 0.1) is 12.5 Å². The zero-order valence-corrected chi connectivity index (χ0v) is 14.9. The van der Waals surface area contributed by atoms with Gasteiger partial charge in [-0.05, 0) is 37.7 Å². The first kappa shape index (κ1) is 16.0. The molecule has 1 spiro atoms. The number of benzene rings is 1. The number of piperidine rings is 1. The van der Waals surface area contributed by atoms with Gasteiger partial charge in [-0.25, -0.2) is 0 Å². The van der Waals surface area contributed by atoms with E-state index < -0.39 is 0 Å². The van der Waals surface area contributed by atoms with Crippen molar-refractivity contribution >= 4 is 5.91 Å². The molecule has 5 rings (SSSR count). The molecule has 3 fully saturated rings. The number of carbonyl (C=O) groups is 1. The number of nitrogens with one attached hydrogen (secondary N) is 1. The fourth-order valence-corrected chi connectivity index (χ4v) is 4.32. The van der Waals surface area contributed by atoms with E-state index in [1.54, 1.807) is 0 Å². The lowest BCUT2D eigenvalue weighted by Gasteiger charge is -2.38. The molecule has 2 aliphatic heterocycles. The van der Waals surface area contributed by atoms with Crippen molar-refractivity contribution < 1.29 is 9.21 Å². The summed E-state index contributed by atoms with van der Waals surface area (Å²) in [4.78, 5) is 14.9. The van der Waals surface area contributed by atoms with Gasteiger partial charge in [0.15, 0.2) is 0 Å². The number of hydrogen-bond acceptors (Lipinski definition) is 5. The molecule has 1 N–H and O–H groups in total. The SMILES string of the molecule is O=C1NC2(CCN(Cc3nnc(C4CC4)o3)CC2)CC1c1ccccc1. The Morgan fingerprint density at radius 2 is 1.92 bits per heavy atom. The Kier molecular flexibility index (Phi) is 3.81. The molecule has 2 saturated heterocycles. The molecule has 1 atom stereocenters. The van der Waals surface area contributed by atoms with Gasteiger partial charge in [0.25, 0.3) is 0 Å². The van der Waals surface area contributed by atoms with Gasteiger partial charge in [-0.3, -0.25) is 9.69 Å². The Hall–Kier alpha value is -2.21. The molecule has 26 heavy (non-hydrogen) atoms. The van der Waals surface area contributed by atoms with Gasteiger partial charge >= 0.3 is 0 Å². The highest BCUT2D eigenvalue weighted by atomic mass is 16.4. The first-order chi connectivity index (χ1) is 12.7. The summed E-state index contributed by atoms with van der Waals surface area (Å²) < 4.78 is 5.79. The predicted octanol–water partition coefficient (Wildman–Crippen LogP) is 2.59. The van der Waals surface area contributed by atoms with E-state index in [0.29, 0.717) is 12.5 Å². The van der Waals surface area contributed by atoms with Crippen molar-refractivity contribution in [3.63, 3.8) is 0 Å². The lowest BCUT2D eigenvalue weighted by atomic mass is 9.82. The Morgan fingerprint density at radius 1 is 1.15 bits per heavy atom. The van der Waals surface area contributed by atoms with Gasteiger partial charge in [0.1, 0.15) is 0 Å². The molecular weight excluding hydrogens is 328 g/mol. The molecule has 0 bridgehead atoms. The number of aromatic nitrogens is 2. The zero-order chi connectivity index (χ0) is 17.6. The number of amides is 1. The van der Waals surface area contributed by atoms with Gasteiger partial charge in [-0.1, -0.05) is 30.3 Å². The van der Waals surface area contributed by atoms with Gasteiger partial charge in [-0.2, -0.15) is 0 Å². The van der Waals surface area contributed by atoms with Crippen LogP contribution in [0.2, 0.25) is 0 Å². The maximum atomic E-state index is 12.5. The third-order valence-corrected chi connectivity index (χ3v) is 6.08. The molecule has 3 aliphatic rings. The minimum absolute atomic E-state index is 0.0141. The Morgan fingerprint density at radius 3 is 2.65 bits per heavy atom. The van der Waals surface area contributed by atoms with Crippen LogP contribution >= 0.6 is 0 Å². The van der Waals surface area contributed by atoms with E-state index in [2.05, 4.69) is 32.5 Å². The summed E-state index contributed by atoms with van der Waals surface area (Å²) >= 11 is 0. The minimum atomic E-state index is -0.0535. The average Bonchev–Trinajstić information content (AvgIpc) is 3.33. The summed E-state index contributed by atoms with van der Waals surface area (Å²) in [6.07, 6.45) is 5.21. The minimum Gasteiger partial charge on any atom is -0.424 e. The third kappa shape index (κ3) is 3.03. The standard InChI is InChI=1S/C20H24N4O2/c25-18-16(14-4-2-1-3-5-14)12-20(21-18)8-10-24(11-9-20)13-17-22-23-19(26-17)15-6-7-15/h1-5,15-16H,6-13H2,(H,21,25). The number of hydrogen-bond donors (Lipinski definition) is 1. The summed E-state index contributed by atoms with van der Waals surface area (Å²) in [7, 11) is 0.